The van der Waals surface area contributed by atoms with E-state index >= 15 is 0 Å². The van der Waals surface area contributed by atoms with E-state index in [-0.39, 0.29) is 6.79 Å². The second-order valence-corrected chi connectivity index (χ2v) is 38.6. The number of ether oxygens (including phenoxy) is 9. The van der Waals surface area contributed by atoms with Crippen molar-refractivity contribution in [1.29, 1.82) is 0 Å². The van der Waals surface area contributed by atoms with E-state index in [4.69, 9.17) is 65.8 Å². The molecule has 1 fully saturated rings. The van der Waals surface area contributed by atoms with Gasteiger partial charge in [-0.2, -0.15) is 25.5 Å². The summed E-state index contributed by atoms with van der Waals surface area (Å²) in [4.78, 5) is 2.41. The summed E-state index contributed by atoms with van der Waals surface area (Å²) in [5.74, 6) is 12.0. The van der Waals surface area contributed by atoms with Crippen LogP contribution in [-0.4, -0.2) is 147 Å². The highest BCUT2D eigenvalue weighted by molar-refractivity contribution is 6.35. The highest BCUT2D eigenvalue weighted by Gasteiger charge is 2.30. The number of halogens is 2. The quantitative estimate of drug-likeness (QED) is 0.0339. The molecule has 0 radical (unpaired) electrons. The van der Waals surface area contributed by atoms with Gasteiger partial charge >= 0.3 is 0 Å². The van der Waals surface area contributed by atoms with Crippen LogP contribution in [0.3, 0.4) is 0 Å². The van der Waals surface area contributed by atoms with Crippen molar-refractivity contribution >= 4 is 118 Å². The molecule has 1 unspecified atom stereocenters. The summed E-state index contributed by atoms with van der Waals surface area (Å²) in [5, 5.41) is 71.1. The summed E-state index contributed by atoms with van der Waals surface area (Å²) in [6, 6.07) is 58.1. The molecule has 0 spiro atoms. The van der Waals surface area contributed by atoms with Gasteiger partial charge in [0.1, 0.15) is 40.2 Å². The minimum Gasteiger partial charge on any atom is -0.497 e. The van der Waals surface area contributed by atoms with Gasteiger partial charge in [-0.1, -0.05) is 43.1 Å². The van der Waals surface area contributed by atoms with Gasteiger partial charge in [-0.3, -0.25) is 0 Å². The lowest BCUT2D eigenvalue weighted by atomic mass is 10.0. The first kappa shape index (κ1) is 106. The van der Waals surface area contributed by atoms with Crippen LogP contribution in [0.1, 0.15) is 172 Å². The minimum atomic E-state index is 0.247. The van der Waals surface area contributed by atoms with Gasteiger partial charge in [0.15, 0.2) is 40.6 Å². The van der Waals surface area contributed by atoms with Crippen molar-refractivity contribution in [3.8, 4) is 80.2 Å². The van der Waals surface area contributed by atoms with Crippen molar-refractivity contribution < 1.29 is 42.6 Å². The highest BCUT2D eigenvalue weighted by atomic mass is 35.5. The zero-order valence-electron chi connectivity index (χ0n) is 90.2. The van der Waals surface area contributed by atoms with Gasteiger partial charge in [-0.05, 0) is 340 Å². The molecule has 4 N–H and O–H groups in total. The van der Waals surface area contributed by atoms with Crippen LogP contribution in [-0.2, 0) is 6.54 Å². The summed E-state index contributed by atoms with van der Waals surface area (Å²) in [6.07, 6.45) is 4.84. The molecule has 2 aliphatic rings. The number of methoxy groups -OCH3 is 2. The number of rotatable bonds is 29. The largest absolute Gasteiger partial charge is 0.497 e. The van der Waals surface area contributed by atoms with Crippen LogP contribution in [0.2, 0.25) is 10.0 Å². The summed E-state index contributed by atoms with van der Waals surface area (Å²) in [7, 11) is 3.35. The second kappa shape index (κ2) is 47.2. The lowest BCUT2D eigenvalue weighted by molar-refractivity contribution is 0.174. The molecular formula is C118H136Cl2N20O9. The monoisotopic (exact) mass is 2050 g/mol. The maximum Gasteiger partial charge on any atom is 0.231 e. The molecule has 1 atom stereocenters. The number of nitrogens with zero attached hydrogens (tertiary/aromatic N) is 16. The summed E-state index contributed by atoms with van der Waals surface area (Å²) >= 11 is 12.4. The number of benzene rings is 8. The SMILES string of the molecule is CCOc1ccc(-n2c(C)c3c(C)nnc(N4CCCCC4)c3c2C)cc1.CCOc1ccc(-n2c(C)c3c(C)nnc(NC(C)CC(C)C)c3c2C)c(OC)c1.CCOc1ccc(-n2c(C)c3c(C)nnc(NCc4ccc(Cl)cc4Cl)c3c2C)cc1.CCOc1ccc(-n2c(C)c3c(C)nnc(Nc4ccc(OC)cc4)c3c2C)cc1.CCOc1ccc(-n2c(C)c3c(C)nnc(Nc4ccc5c(c4)OCO5)c3c2C)cc1. The molecular weight excluding hydrogens is 1910 g/mol. The van der Waals surface area contributed by atoms with E-state index in [9.17, 15) is 0 Å². The van der Waals surface area contributed by atoms with E-state index in [0.29, 0.717) is 67.4 Å². The Balaban J connectivity index is 0.000000133. The van der Waals surface area contributed by atoms with Crippen molar-refractivity contribution in [1.82, 2.24) is 73.8 Å². The van der Waals surface area contributed by atoms with E-state index in [2.05, 4.69) is 245 Å². The molecule has 20 rings (SSSR count). The normalized spacial score (nSPS) is 12.3. The Kier molecular flexibility index (Phi) is 33.7. The van der Waals surface area contributed by atoms with Gasteiger partial charge < -0.3 is 91.6 Å². The number of aromatic nitrogens is 15. The van der Waals surface area contributed by atoms with Gasteiger partial charge in [0, 0.05) is 193 Å². The van der Waals surface area contributed by atoms with Gasteiger partial charge in [-0.25, -0.2) is 0 Å². The molecule has 0 amide bonds. The number of aryl methyl sites for hydroxylation is 15. The smallest absolute Gasteiger partial charge is 0.231 e. The molecule has 10 aromatic heterocycles. The van der Waals surface area contributed by atoms with Crippen LogP contribution < -0.4 is 68.8 Å². The Labute approximate surface area is 882 Å². The first-order valence-electron chi connectivity index (χ1n) is 51.1. The van der Waals surface area contributed by atoms with E-state index < -0.39 is 0 Å². The number of fused-ring (bicyclic) bond motifs is 6. The standard InChI is InChI=1S/C24H24Cl2N4O.C24H24N4O3.C24H26N4O2.C24H34N4O2.C22H28N4O/c1-5-31-20-10-8-19(9-11-20)30-15(3)22-14(2)28-29-24(23(22)16(30)4)27-13-17-6-7-18(25)12-21(17)26;1-5-29-19-9-7-18(8-10-19)28-15(3)22-14(2)26-27-24(23(22)16(28)4)25-17-6-11-20-21(12-17)31-13-30-20;1-6-30-21-13-9-19(10-14-21)28-16(3)22-15(2)26-27-24(23(22)17(28)4)25-18-7-11-20(29-5)12-8-18;1-9-30-19-10-11-20(21(13-19)29-8)28-17(6)22-16(5)26-27-24(23(22)18(28)7)25-15(4)12-14(2)3;1-5-27-19-11-9-18(10-12-19)26-16(3)20-15(2)23-24-22(21(20)17(26)4)25-13-7-6-8-14-25/h6-12H,5,13H2,1-4H3,(H,27,29);6-12H,5,13H2,1-4H3,(H,25,27);7-14H,6H2,1-5H3,(H,25,27);10-11,13-15H,9,12H2,1-8H3,(H,25,27);9-12H,5-8,13-14H2,1-4H3. The molecule has 0 saturated carbocycles. The fraction of sp³-hybridized carbons (Fsp3) is 0.339. The molecule has 18 aromatic rings. The lowest BCUT2D eigenvalue weighted by Crippen LogP contribution is -2.30. The van der Waals surface area contributed by atoms with Crippen molar-refractivity contribution in [2.45, 2.75) is 198 Å². The third kappa shape index (κ3) is 22.6. The van der Waals surface area contributed by atoms with Gasteiger partial charge in [-0.15, -0.1) is 25.5 Å². The Morgan fingerprint density at radius 2 is 0.698 bits per heavy atom. The molecule has 12 heterocycles. The van der Waals surface area contributed by atoms with Crippen LogP contribution >= 0.6 is 23.2 Å². The molecule has 29 nitrogen and oxygen atoms in total. The third-order valence-electron chi connectivity index (χ3n) is 27.3. The maximum atomic E-state index is 6.34. The lowest BCUT2D eigenvalue weighted by Gasteiger charge is -2.28. The zero-order valence-corrected chi connectivity index (χ0v) is 91.7. The zero-order chi connectivity index (χ0) is 106. The molecule has 8 aromatic carbocycles. The number of anilines is 7. The first-order chi connectivity index (χ1) is 71.9. The molecule has 776 valence electrons. The Morgan fingerprint density at radius 3 is 1.13 bits per heavy atom. The van der Waals surface area contributed by atoms with Crippen LogP contribution in [0.25, 0.3) is 82.3 Å². The molecule has 0 aliphatic carbocycles. The molecule has 0 bridgehead atoms. The second-order valence-electron chi connectivity index (χ2n) is 37.8. The number of nitrogens with one attached hydrogen (secondary N) is 4. The van der Waals surface area contributed by atoms with E-state index in [1.165, 1.54) is 41.4 Å². The molecule has 149 heavy (non-hydrogen) atoms. The minimum absolute atomic E-state index is 0.247. The van der Waals surface area contributed by atoms with Gasteiger partial charge in [0.25, 0.3) is 0 Å². The average molecular weight is 2050 g/mol. The van der Waals surface area contributed by atoms with Crippen LogP contribution in [0.4, 0.5) is 40.5 Å². The molecule has 1 saturated heterocycles. The van der Waals surface area contributed by atoms with E-state index in [0.717, 1.165) is 257 Å². The Morgan fingerprint density at radius 1 is 0.336 bits per heavy atom. The van der Waals surface area contributed by atoms with E-state index in [1.54, 1.807) is 20.3 Å². The van der Waals surface area contributed by atoms with Crippen LogP contribution in [0.15, 0.2) is 176 Å². The third-order valence-corrected chi connectivity index (χ3v) is 27.9. The van der Waals surface area contributed by atoms with E-state index in [1.807, 2.05) is 184 Å². The molecule has 31 heteroatoms. The highest BCUT2D eigenvalue weighted by Crippen LogP contribution is 2.45. The Hall–Kier alpha value is -15.4. The average Bonchev–Trinajstić information content (AvgIpc) is 1.62. The van der Waals surface area contributed by atoms with Crippen LogP contribution in [0, 0.1) is 110 Å². The van der Waals surface area contributed by atoms with Crippen LogP contribution in [0.5, 0.6) is 51.7 Å². The fourth-order valence-corrected chi connectivity index (χ4v) is 21.4. The molecule has 2 aliphatic heterocycles. The van der Waals surface area contributed by atoms with Crippen molar-refractivity contribution in [2.75, 3.05) is 93.3 Å². The Bertz CT molecular complexity index is 7830. The fourth-order valence-electron chi connectivity index (χ4n) is 20.9. The van der Waals surface area contributed by atoms with Crippen molar-refractivity contribution in [2.24, 2.45) is 5.92 Å². The summed E-state index contributed by atoms with van der Waals surface area (Å²) in [5.41, 5.74) is 24.1. The van der Waals surface area contributed by atoms with Crippen molar-refractivity contribution in [3.05, 3.63) is 277 Å². The topological polar surface area (TPSA) is 288 Å². The van der Waals surface area contributed by atoms with Gasteiger partial charge in [0.05, 0.1) is 81.4 Å². The number of piperidine rings is 1. The predicted octanol–water partition coefficient (Wildman–Crippen LogP) is 27.7. The number of hydrogen-bond donors (Lipinski definition) is 4. The van der Waals surface area contributed by atoms with Gasteiger partial charge in [0.2, 0.25) is 6.79 Å². The first-order valence-corrected chi connectivity index (χ1v) is 51.9. The number of hydrogen-bond acceptors (Lipinski definition) is 24. The maximum absolute atomic E-state index is 6.34. The summed E-state index contributed by atoms with van der Waals surface area (Å²) in [6.45, 7) is 54.1. The van der Waals surface area contributed by atoms with Crippen molar-refractivity contribution in [3.63, 3.8) is 0 Å². The predicted molar refractivity (Wildman–Crippen MR) is 602 cm³/mol. The summed E-state index contributed by atoms with van der Waals surface area (Å²) < 4.78 is 61.2.